The van der Waals surface area contributed by atoms with Crippen molar-refractivity contribution in [2.45, 2.75) is 38.6 Å². The van der Waals surface area contributed by atoms with Gasteiger partial charge in [-0.05, 0) is 38.0 Å². The van der Waals surface area contributed by atoms with Crippen LogP contribution in [-0.2, 0) is 4.74 Å². The van der Waals surface area contributed by atoms with E-state index in [0.29, 0.717) is 17.8 Å². The van der Waals surface area contributed by atoms with E-state index in [9.17, 15) is 4.79 Å². The highest BCUT2D eigenvalue weighted by Gasteiger charge is 2.42. The van der Waals surface area contributed by atoms with Crippen molar-refractivity contribution in [3.63, 3.8) is 0 Å². The van der Waals surface area contributed by atoms with E-state index < -0.39 is 5.97 Å². The van der Waals surface area contributed by atoms with E-state index in [0.717, 1.165) is 11.7 Å². The topological polar surface area (TPSA) is 70.1 Å². The molecule has 2 aliphatic carbocycles. The van der Waals surface area contributed by atoms with Crippen LogP contribution in [0.25, 0.3) is 0 Å². The maximum Gasteiger partial charge on any atom is 0.360 e. The van der Waals surface area contributed by atoms with Crippen molar-refractivity contribution in [2.75, 3.05) is 12.8 Å². The van der Waals surface area contributed by atoms with Crippen LogP contribution in [0.5, 0.6) is 0 Å². The number of carbonyl (C=O) groups is 1. The molecule has 0 spiro atoms. The number of imidazole rings is 1. The van der Waals surface area contributed by atoms with Gasteiger partial charge in [0.1, 0.15) is 11.6 Å². The molecule has 5 nitrogen and oxygen atoms in total. The number of nitrogens with zero attached hydrogens (tertiary/aromatic N) is 2. The summed E-state index contributed by atoms with van der Waals surface area (Å²) in [6, 6.07) is 0.426. The Morgan fingerprint density at radius 3 is 2.78 bits per heavy atom. The summed E-state index contributed by atoms with van der Waals surface area (Å²) in [7, 11) is 1.35. The number of carbonyl (C=O) groups excluding carboxylic acids is 1. The maximum absolute atomic E-state index is 11.6. The molecule has 18 heavy (non-hydrogen) atoms. The van der Waals surface area contributed by atoms with Gasteiger partial charge < -0.3 is 15.0 Å². The van der Waals surface area contributed by atoms with Crippen molar-refractivity contribution in [3.05, 3.63) is 11.5 Å². The standard InChI is InChI=1S/C13H19N3O2/c1-7-15-11(13(17)18-2)12(14)16(7)10-6-8-3-4-9(10)5-8/h8-10H,3-6,14H2,1-2H3. The zero-order chi connectivity index (χ0) is 12.9. The zero-order valence-corrected chi connectivity index (χ0v) is 10.8. The molecule has 3 rings (SSSR count). The number of nitrogen functional groups attached to an aromatic ring is 1. The van der Waals surface area contributed by atoms with Crippen LogP contribution in [0.1, 0.15) is 48.0 Å². The van der Waals surface area contributed by atoms with Crippen molar-refractivity contribution in [1.29, 1.82) is 0 Å². The molecule has 0 saturated heterocycles. The van der Waals surface area contributed by atoms with Crippen LogP contribution < -0.4 is 5.73 Å². The summed E-state index contributed by atoms with van der Waals surface area (Å²) in [4.78, 5) is 15.9. The Morgan fingerprint density at radius 1 is 1.44 bits per heavy atom. The van der Waals surface area contributed by atoms with Gasteiger partial charge in [-0.15, -0.1) is 0 Å². The first-order valence-corrected chi connectivity index (χ1v) is 6.54. The number of hydrogen-bond acceptors (Lipinski definition) is 4. The van der Waals surface area contributed by atoms with Gasteiger partial charge in [0.25, 0.3) is 0 Å². The zero-order valence-electron chi connectivity index (χ0n) is 10.8. The second kappa shape index (κ2) is 4.00. The fourth-order valence-electron chi connectivity index (χ4n) is 3.75. The lowest BCUT2D eigenvalue weighted by Gasteiger charge is -2.25. The van der Waals surface area contributed by atoms with Crippen LogP contribution in [0.3, 0.4) is 0 Å². The molecule has 0 radical (unpaired) electrons. The lowest BCUT2D eigenvalue weighted by molar-refractivity contribution is 0.0595. The number of methoxy groups -OCH3 is 1. The highest BCUT2D eigenvalue weighted by atomic mass is 16.5. The van der Waals surface area contributed by atoms with Gasteiger partial charge in [-0.1, -0.05) is 6.42 Å². The summed E-state index contributed by atoms with van der Waals surface area (Å²) in [5.74, 6) is 2.39. The first kappa shape index (κ1) is 11.6. The molecule has 1 aromatic heterocycles. The number of nitrogens with two attached hydrogens (primary N) is 1. The molecular formula is C13H19N3O2. The van der Waals surface area contributed by atoms with Gasteiger partial charge in [-0.3, -0.25) is 0 Å². The molecule has 2 bridgehead atoms. The molecule has 98 valence electrons. The van der Waals surface area contributed by atoms with E-state index in [1.54, 1.807) is 0 Å². The number of fused-ring (bicyclic) bond motifs is 2. The van der Waals surface area contributed by atoms with Crippen molar-refractivity contribution in [1.82, 2.24) is 9.55 Å². The predicted octanol–water partition coefficient (Wildman–Crippen LogP) is 1.92. The fraction of sp³-hybridized carbons (Fsp3) is 0.692. The highest BCUT2D eigenvalue weighted by molar-refractivity contribution is 5.92. The van der Waals surface area contributed by atoms with Gasteiger partial charge in [0, 0.05) is 6.04 Å². The van der Waals surface area contributed by atoms with E-state index >= 15 is 0 Å². The summed E-state index contributed by atoms with van der Waals surface area (Å²) < 4.78 is 6.77. The lowest BCUT2D eigenvalue weighted by Crippen LogP contribution is -2.19. The minimum Gasteiger partial charge on any atom is -0.464 e. The Labute approximate surface area is 106 Å². The van der Waals surface area contributed by atoms with Crippen LogP contribution in [0.2, 0.25) is 0 Å². The smallest absolute Gasteiger partial charge is 0.360 e. The van der Waals surface area contributed by atoms with Gasteiger partial charge in [-0.2, -0.15) is 0 Å². The van der Waals surface area contributed by atoms with E-state index in [1.165, 1.54) is 32.8 Å². The van der Waals surface area contributed by atoms with Gasteiger partial charge >= 0.3 is 5.97 Å². The Morgan fingerprint density at radius 2 is 2.22 bits per heavy atom. The second-order valence-electron chi connectivity index (χ2n) is 5.50. The molecule has 5 heteroatoms. The van der Waals surface area contributed by atoms with E-state index in [2.05, 4.69) is 9.55 Å². The molecule has 2 N–H and O–H groups in total. The second-order valence-corrected chi connectivity index (χ2v) is 5.50. The van der Waals surface area contributed by atoms with Gasteiger partial charge in [0.05, 0.1) is 7.11 Å². The van der Waals surface area contributed by atoms with E-state index in [-0.39, 0.29) is 5.69 Å². The molecule has 1 aromatic rings. The molecule has 0 aliphatic heterocycles. The van der Waals surface area contributed by atoms with Gasteiger partial charge in [0.2, 0.25) is 0 Å². The number of anilines is 1. The molecule has 2 fully saturated rings. The molecule has 3 unspecified atom stereocenters. The first-order valence-electron chi connectivity index (χ1n) is 6.54. The third-order valence-corrected chi connectivity index (χ3v) is 4.54. The minimum atomic E-state index is -0.447. The molecule has 0 amide bonds. The van der Waals surface area contributed by atoms with Gasteiger partial charge in [0.15, 0.2) is 5.69 Å². The first-order chi connectivity index (χ1) is 8.61. The minimum absolute atomic E-state index is 0.262. The SMILES string of the molecule is COC(=O)c1nc(C)n(C2CC3CCC2C3)c1N. The normalized spacial score (nSPS) is 29.8. The Bertz CT molecular complexity index is 495. The van der Waals surface area contributed by atoms with Crippen LogP contribution in [0.4, 0.5) is 5.82 Å². The van der Waals surface area contributed by atoms with Crippen molar-refractivity contribution in [2.24, 2.45) is 11.8 Å². The number of ether oxygens (including phenoxy) is 1. The highest BCUT2D eigenvalue weighted by Crippen LogP contribution is 2.51. The Hall–Kier alpha value is -1.52. The Kier molecular flexibility index (Phi) is 2.57. The summed E-state index contributed by atoms with van der Waals surface area (Å²) in [6.45, 7) is 1.91. The van der Waals surface area contributed by atoms with Gasteiger partial charge in [-0.25, -0.2) is 9.78 Å². The molecule has 1 heterocycles. The predicted molar refractivity (Wildman–Crippen MR) is 67.2 cm³/mol. The molecular weight excluding hydrogens is 230 g/mol. The van der Waals surface area contributed by atoms with Crippen molar-refractivity contribution >= 4 is 11.8 Å². The van der Waals surface area contributed by atoms with E-state index in [1.807, 2.05) is 6.92 Å². The largest absolute Gasteiger partial charge is 0.464 e. The summed E-state index contributed by atoms with van der Waals surface area (Å²) in [6.07, 6.45) is 5.10. The Balaban J connectivity index is 1.97. The van der Waals surface area contributed by atoms with Crippen LogP contribution >= 0.6 is 0 Å². The average molecular weight is 249 g/mol. The fourth-order valence-corrected chi connectivity index (χ4v) is 3.75. The maximum atomic E-state index is 11.6. The monoisotopic (exact) mass is 249 g/mol. The van der Waals surface area contributed by atoms with Crippen LogP contribution in [0.15, 0.2) is 0 Å². The summed E-state index contributed by atoms with van der Waals surface area (Å²) in [5.41, 5.74) is 6.35. The van der Waals surface area contributed by atoms with Crippen molar-refractivity contribution < 1.29 is 9.53 Å². The van der Waals surface area contributed by atoms with Crippen molar-refractivity contribution in [3.8, 4) is 0 Å². The average Bonchev–Trinajstić information content (AvgIpc) is 3.03. The number of aryl methyl sites for hydroxylation is 1. The van der Waals surface area contributed by atoms with Crippen LogP contribution in [0, 0.1) is 18.8 Å². The van der Waals surface area contributed by atoms with E-state index in [4.69, 9.17) is 10.5 Å². The number of rotatable bonds is 2. The third kappa shape index (κ3) is 1.53. The number of esters is 1. The summed E-state index contributed by atoms with van der Waals surface area (Å²) >= 11 is 0. The molecule has 3 atom stereocenters. The summed E-state index contributed by atoms with van der Waals surface area (Å²) in [5, 5.41) is 0. The lowest BCUT2D eigenvalue weighted by atomic mass is 9.95. The van der Waals surface area contributed by atoms with Crippen LogP contribution in [-0.4, -0.2) is 22.6 Å². The molecule has 2 saturated carbocycles. The molecule has 0 aromatic carbocycles. The third-order valence-electron chi connectivity index (χ3n) is 4.54. The quantitative estimate of drug-likeness (QED) is 0.813. The number of hydrogen-bond donors (Lipinski definition) is 1. The number of aromatic nitrogens is 2. The molecule has 2 aliphatic rings.